The molecule has 10 nitrogen and oxygen atoms in total. The number of rotatable bonds is 3. The van der Waals surface area contributed by atoms with E-state index in [0.29, 0.717) is 22.2 Å². The summed E-state index contributed by atoms with van der Waals surface area (Å²) in [5, 5.41) is 30.0. The SMILES string of the molecule is CC(C)[C@]1(O)NC(=O)[C@H](C[C@@]2(O)c3ccccc3N3C(=O)C(C)(C)N[C@@H]32)n2c1nc1ccccc1c2=O. The van der Waals surface area contributed by atoms with Gasteiger partial charge in [0.2, 0.25) is 11.8 Å². The number of anilines is 1. The number of fused-ring (bicyclic) bond motifs is 5. The molecule has 0 unspecified atom stereocenters. The van der Waals surface area contributed by atoms with E-state index in [0.717, 1.165) is 0 Å². The predicted molar refractivity (Wildman–Crippen MR) is 135 cm³/mol. The van der Waals surface area contributed by atoms with Crippen LogP contribution in [0.4, 0.5) is 5.69 Å². The van der Waals surface area contributed by atoms with E-state index < -0.39 is 46.5 Å². The van der Waals surface area contributed by atoms with Gasteiger partial charge in [0.25, 0.3) is 5.56 Å². The van der Waals surface area contributed by atoms with Crippen molar-refractivity contribution in [1.29, 1.82) is 0 Å². The molecule has 1 saturated heterocycles. The van der Waals surface area contributed by atoms with Crippen molar-refractivity contribution in [3.8, 4) is 0 Å². The molecule has 2 aromatic carbocycles. The summed E-state index contributed by atoms with van der Waals surface area (Å²) in [5.74, 6) is -1.31. The van der Waals surface area contributed by atoms with Gasteiger partial charge < -0.3 is 15.5 Å². The lowest BCUT2D eigenvalue weighted by Gasteiger charge is -2.43. The van der Waals surface area contributed by atoms with Gasteiger partial charge >= 0.3 is 0 Å². The highest BCUT2D eigenvalue weighted by Crippen LogP contribution is 2.51. The van der Waals surface area contributed by atoms with Crippen molar-refractivity contribution < 1.29 is 19.8 Å². The Morgan fingerprint density at radius 2 is 1.70 bits per heavy atom. The van der Waals surface area contributed by atoms with E-state index in [1.165, 1.54) is 9.47 Å². The van der Waals surface area contributed by atoms with Crippen LogP contribution in [0.15, 0.2) is 53.3 Å². The summed E-state index contributed by atoms with van der Waals surface area (Å²) in [6.07, 6.45) is -1.08. The Kier molecular flexibility index (Phi) is 4.80. The summed E-state index contributed by atoms with van der Waals surface area (Å²) in [6, 6.07) is 12.6. The van der Waals surface area contributed by atoms with Gasteiger partial charge in [0, 0.05) is 17.9 Å². The van der Waals surface area contributed by atoms with Crippen molar-refractivity contribution >= 4 is 28.4 Å². The molecule has 3 aromatic rings. The molecule has 3 aliphatic heterocycles. The monoisotopic (exact) mass is 503 g/mol. The zero-order valence-corrected chi connectivity index (χ0v) is 21.0. The van der Waals surface area contributed by atoms with Crippen molar-refractivity contribution in [2.45, 2.75) is 63.2 Å². The molecule has 0 spiro atoms. The Balaban J connectivity index is 1.56. The zero-order chi connectivity index (χ0) is 26.5. The number of hydrogen-bond donors (Lipinski definition) is 4. The molecule has 4 atom stereocenters. The quantitative estimate of drug-likeness (QED) is 0.422. The van der Waals surface area contributed by atoms with Crippen LogP contribution in [0.3, 0.4) is 0 Å². The third-order valence-electron chi connectivity index (χ3n) is 8.01. The van der Waals surface area contributed by atoms with E-state index >= 15 is 0 Å². The van der Waals surface area contributed by atoms with Crippen LogP contribution < -0.4 is 21.1 Å². The molecule has 0 bridgehead atoms. The van der Waals surface area contributed by atoms with Gasteiger partial charge in [-0.05, 0) is 32.0 Å². The molecule has 1 aromatic heterocycles. The highest BCUT2D eigenvalue weighted by Gasteiger charge is 2.62. The lowest BCUT2D eigenvalue weighted by molar-refractivity contribution is -0.147. The molecule has 4 N–H and O–H groups in total. The molecule has 192 valence electrons. The summed E-state index contributed by atoms with van der Waals surface area (Å²) >= 11 is 0. The standard InChI is InChI=1S/C27H29N5O5/c1-14(2)27(37)23-28-17-11-7-5-9-15(17)21(34)31(23)19(20(33)29-27)13-26(36)16-10-6-8-12-18(16)32-22(26)30-25(3,4)24(32)35/h5-12,14,19,22,30,36-37H,13H2,1-4H3,(H,29,33)/t19-,22-,26+,27+/m0/s1. The van der Waals surface area contributed by atoms with E-state index in [1.807, 2.05) is 0 Å². The first kappa shape index (κ1) is 23.8. The van der Waals surface area contributed by atoms with E-state index in [4.69, 9.17) is 0 Å². The van der Waals surface area contributed by atoms with Crippen LogP contribution in [0.1, 0.15) is 51.5 Å². The number of aromatic nitrogens is 2. The van der Waals surface area contributed by atoms with Gasteiger partial charge in [-0.15, -0.1) is 0 Å². The third-order valence-corrected chi connectivity index (χ3v) is 8.01. The Morgan fingerprint density at radius 3 is 2.43 bits per heavy atom. The molecule has 0 saturated carbocycles. The Bertz CT molecular complexity index is 1550. The Morgan fingerprint density at radius 1 is 1.03 bits per heavy atom. The molecule has 6 rings (SSSR count). The van der Waals surface area contributed by atoms with Crippen molar-refractivity contribution in [3.63, 3.8) is 0 Å². The fraction of sp³-hybridized carbons (Fsp3) is 0.407. The number of amides is 2. The maximum atomic E-state index is 13.8. The number of nitrogens with one attached hydrogen (secondary N) is 2. The minimum atomic E-state index is -1.89. The van der Waals surface area contributed by atoms with Gasteiger partial charge in [-0.3, -0.25) is 29.2 Å². The molecule has 1 fully saturated rings. The third kappa shape index (κ3) is 3.03. The van der Waals surface area contributed by atoms with Crippen molar-refractivity contribution in [3.05, 3.63) is 70.3 Å². The van der Waals surface area contributed by atoms with Crippen molar-refractivity contribution in [2.75, 3.05) is 4.90 Å². The van der Waals surface area contributed by atoms with E-state index in [9.17, 15) is 24.6 Å². The van der Waals surface area contributed by atoms with Gasteiger partial charge in [-0.2, -0.15) is 0 Å². The van der Waals surface area contributed by atoms with Gasteiger partial charge in [0.1, 0.15) is 17.8 Å². The lowest BCUT2D eigenvalue weighted by Crippen LogP contribution is -2.62. The largest absolute Gasteiger partial charge is 0.381 e. The maximum Gasteiger partial charge on any atom is 0.262 e. The molecule has 10 heteroatoms. The summed E-state index contributed by atoms with van der Waals surface area (Å²) in [7, 11) is 0. The second-order valence-corrected chi connectivity index (χ2v) is 11.0. The Labute approximate surface area is 212 Å². The average molecular weight is 504 g/mol. The second kappa shape index (κ2) is 7.47. The first-order valence-corrected chi connectivity index (χ1v) is 12.4. The molecule has 4 heterocycles. The van der Waals surface area contributed by atoms with Crippen LogP contribution in [-0.2, 0) is 20.9 Å². The summed E-state index contributed by atoms with van der Waals surface area (Å²) in [5.41, 5.74) is -3.59. The topological polar surface area (TPSA) is 137 Å². The molecular weight excluding hydrogens is 474 g/mol. The molecule has 0 aliphatic carbocycles. The van der Waals surface area contributed by atoms with Crippen LogP contribution in [-0.4, -0.2) is 43.3 Å². The van der Waals surface area contributed by atoms with Gasteiger partial charge in [0.05, 0.1) is 22.1 Å². The normalized spacial score (nSPS) is 29.9. The minimum absolute atomic E-state index is 0.0123. The molecule has 3 aliphatic rings. The first-order valence-electron chi connectivity index (χ1n) is 12.4. The average Bonchev–Trinajstić information content (AvgIpc) is 3.24. The van der Waals surface area contributed by atoms with E-state index in [2.05, 4.69) is 15.6 Å². The first-order chi connectivity index (χ1) is 17.4. The van der Waals surface area contributed by atoms with E-state index in [-0.39, 0.29) is 18.2 Å². The fourth-order valence-electron chi connectivity index (χ4n) is 5.92. The number of carbonyl (C=O) groups excluding carboxylic acids is 2. The van der Waals surface area contributed by atoms with Gasteiger partial charge in [-0.1, -0.05) is 44.2 Å². The number of aliphatic hydroxyl groups is 2. The molecule has 37 heavy (non-hydrogen) atoms. The number of nitrogens with zero attached hydrogens (tertiary/aromatic N) is 3. The number of benzene rings is 2. The number of para-hydroxylation sites is 2. The lowest BCUT2D eigenvalue weighted by atomic mass is 9.84. The highest BCUT2D eigenvalue weighted by atomic mass is 16.3. The van der Waals surface area contributed by atoms with Crippen LogP contribution in [0.25, 0.3) is 10.9 Å². The number of hydrogen-bond acceptors (Lipinski definition) is 7. The van der Waals surface area contributed by atoms with Crippen LogP contribution in [0.2, 0.25) is 0 Å². The van der Waals surface area contributed by atoms with Gasteiger partial charge in [-0.25, -0.2) is 4.98 Å². The molecular formula is C27H29N5O5. The summed E-state index contributed by atoms with van der Waals surface area (Å²) < 4.78 is 1.21. The zero-order valence-electron chi connectivity index (χ0n) is 21.0. The van der Waals surface area contributed by atoms with Crippen LogP contribution in [0.5, 0.6) is 0 Å². The minimum Gasteiger partial charge on any atom is -0.381 e. The van der Waals surface area contributed by atoms with Gasteiger partial charge in [0.15, 0.2) is 11.5 Å². The Hall–Kier alpha value is -3.60. The highest BCUT2D eigenvalue weighted by molar-refractivity contribution is 6.05. The summed E-state index contributed by atoms with van der Waals surface area (Å²) in [4.78, 5) is 46.8. The van der Waals surface area contributed by atoms with Crippen molar-refractivity contribution in [1.82, 2.24) is 20.2 Å². The smallest absolute Gasteiger partial charge is 0.262 e. The maximum absolute atomic E-state index is 13.8. The second-order valence-electron chi connectivity index (χ2n) is 11.0. The van der Waals surface area contributed by atoms with Crippen LogP contribution in [0, 0.1) is 5.92 Å². The predicted octanol–water partition coefficient (Wildman–Crippen LogP) is 1.20. The fourth-order valence-corrected chi connectivity index (χ4v) is 5.92. The van der Waals surface area contributed by atoms with Crippen LogP contribution >= 0.6 is 0 Å². The number of carbonyl (C=O) groups is 2. The van der Waals surface area contributed by atoms with E-state index in [1.54, 1.807) is 76.2 Å². The molecule has 2 amide bonds. The molecule has 0 radical (unpaired) electrons. The van der Waals surface area contributed by atoms with Crippen molar-refractivity contribution in [2.24, 2.45) is 5.92 Å². The summed E-state index contributed by atoms with van der Waals surface area (Å²) in [6.45, 7) is 6.92.